The van der Waals surface area contributed by atoms with Crippen molar-refractivity contribution in [2.24, 2.45) is 11.8 Å². The van der Waals surface area contributed by atoms with Gasteiger partial charge in [0, 0.05) is 20.9 Å². The third-order valence-electron chi connectivity index (χ3n) is 10.4. The SMILES string of the molecule is C.Cc1sc(-c2ccc(C(F)(F)F)cc2)nc1C1=C(O)C(C)(C2CC2)NC1=O.Cc1sc(-c2ccc(C(F)(F)F)cc2)nc1C1=C(O)C(C)(C2CC2)NC1=O.[Na+].[OH-]. The Balaban J connectivity index is 0.000000240. The van der Waals surface area contributed by atoms with Crippen LogP contribution in [0.15, 0.2) is 60.0 Å². The number of carbonyl (C=O) groups is 2. The summed E-state index contributed by atoms with van der Waals surface area (Å²) < 4.78 is 76.4. The zero-order chi connectivity index (χ0) is 39.1. The maximum atomic E-state index is 12.7. The van der Waals surface area contributed by atoms with Crippen LogP contribution in [0.25, 0.3) is 32.3 Å². The number of nitrogens with one attached hydrogen (secondary N) is 2. The van der Waals surface area contributed by atoms with Crippen molar-refractivity contribution in [1.82, 2.24) is 20.6 Å². The summed E-state index contributed by atoms with van der Waals surface area (Å²) in [6.07, 6.45) is -5.01. The molecule has 0 spiro atoms. The summed E-state index contributed by atoms with van der Waals surface area (Å²) in [5, 5.41) is 28.2. The summed E-state index contributed by atoms with van der Waals surface area (Å²) in [6.45, 7) is 7.18. The number of hydrogen-bond donors (Lipinski definition) is 4. The van der Waals surface area contributed by atoms with Crippen LogP contribution in [0.2, 0.25) is 0 Å². The number of alkyl halides is 6. The number of aliphatic hydroxyl groups is 2. The molecule has 2 amide bonds. The zero-order valence-corrected chi connectivity index (χ0v) is 34.4. The van der Waals surface area contributed by atoms with Gasteiger partial charge in [0.15, 0.2) is 0 Å². The Morgan fingerprint density at radius 3 is 1.21 bits per heavy atom. The molecule has 18 heteroatoms. The first-order valence-corrected chi connectivity index (χ1v) is 18.7. The number of thiazole rings is 2. The second-order valence-electron chi connectivity index (χ2n) is 14.3. The summed E-state index contributed by atoms with van der Waals surface area (Å²) >= 11 is 2.56. The molecule has 4 aromatic rings. The summed E-state index contributed by atoms with van der Waals surface area (Å²) in [5.41, 5.74) is -0.827. The molecule has 4 heterocycles. The monoisotopic (exact) mass is 844 g/mol. The van der Waals surface area contributed by atoms with Crippen LogP contribution in [-0.4, -0.2) is 48.5 Å². The van der Waals surface area contributed by atoms with Gasteiger partial charge in [0.1, 0.15) is 32.7 Å². The van der Waals surface area contributed by atoms with Gasteiger partial charge in [-0.2, -0.15) is 26.3 Å². The normalized spacial score (nSPS) is 21.9. The van der Waals surface area contributed by atoms with Gasteiger partial charge in [0.2, 0.25) is 0 Å². The van der Waals surface area contributed by atoms with Gasteiger partial charge in [-0.15, -0.1) is 22.7 Å². The molecule has 0 bridgehead atoms. The van der Waals surface area contributed by atoms with E-state index in [9.17, 15) is 46.1 Å². The first-order chi connectivity index (χ1) is 25.2. The smallest absolute Gasteiger partial charge is 0.870 e. The average Bonchev–Trinajstić information content (AvgIpc) is 4.03. The van der Waals surface area contributed by atoms with Gasteiger partial charge >= 0.3 is 41.9 Å². The third kappa shape index (κ3) is 8.55. The first kappa shape index (κ1) is 46.0. The molecule has 5 N–H and O–H groups in total. The molecule has 2 aliphatic carbocycles. The number of aryl methyl sites for hydroxylation is 2. The quantitative estimate of drug-likeness (QED) is 0.122. The Labute approximate surface area is 354 Å². The van der Waals surface area contributed by atoms with Crippen LogP contribution in [0.4, 0.5) is 26.3 Å². The number of rotatable bonds is 6. The Hall–Kier alpha value is -3.74. The molecule has 0 radical (unpaired) electrons. The molecule has 2 atom stereocenters. The maximum Gasteiger partial charge on any atom is 1.00 e. The topological polar surface area (TPSA) is 154 Å². The van der Waals surface area contributed by atoms with Crippen molar-refractivity contribution in [3.8, 4) is 21.1 Å². The molecule has 300 valence electrons. The van der Waals surface area contributed by atoms with E-state index >= 15 is 0 Å². The predicted molar refractivity (Wildman–Crippen MR) is 201 cm³/mol. The minimum atomic E-state index is -4.39. The van der Waals surface area contributed by atoms with Crippen LogP contribution in [-0.2, 0) is 21.9 Å². The van der Waals surface area contributed by atoms with E-state index in [4.69, 9.17) is 0 Å². The van der Waals surface area contributed by atoms with E-state index in [2.05, 4.69) is 20.6 Å². The van der Waals surface area contributed by atoms with Crippen LogP contribution in [0.1, 0.15) is 79.2 Å². The van der Waals surface area contributed by atoms with Gasteiger partial charge in [-0.05, 0) is 89.5 Å². The van der Waals surface area contributed by atoms with E-state index in [0.717, 1.165) is 59.7 Å². The largest absolute Gasteiger partial charge is 1.00 e. The number of aromatic nitrogens is 2. The van der Waals surface area contributed by atoms with E-state index in [1.807, 2.05) is 13.8 Å². The van der Waals surface area contributed by atoms with Crippen LogP contribution in [0.5, 0.6) is 0 Å². The summed E-state index contributed by atoms with van der Waals surface area (Å²) in [7, 11) is 0. The minimum absolute atomic E-state index is 0. The van der Waals surface area contributed by atoms with Crippen molar-refractivity contribution in [2.45, 2.75) is 84.2 Å². The van der Waals surface area contributed by atoms with Crippen LogP contribution >= 0.6 is 22.7 Å². The molecule has 2 aromatic carbocycles. The summed E-state index contributed by atoms with van der Waals surface area (Å²) in [6, 6.07) is 9.49. The molecule has 2 fully saturated rings. The molecule has 8 rings (SSSR count). The maximum absolute atomic E-state index is 12.7. The van der Waals surface area contributed by atoms with Crippen molar-refractivity contribution in [3.63, 3.8) is 0 Å². The molecular formula is C39H39F6N4NaO5S2. The van der Waals surface area contributed by atoms with E-state index < -0.39 is 34.6 Å². The fourth-order valence-corrected chi connectivity index (χ4v) is 8.76. The van der Waals surface area contributed by atoms with Crippen LogP contribution in [0.3, 0.4) is 0 Å². The van der Waals surface area contributed by atoms with Gasteiger partial charge in [0.25, 0.3) is 11.8 Å². The Morgan fingerprint density at radius 1 is 0.649 bits per heavy atom. The molecule has 2 aliphatic heterocycles. The van der Waals surface area contributed by atoms with Gasteiger partial charge in [-0.25, -0.2) is 9.97 Å². The fourth-order valence-electron chi connectivity index (χ4n) is 6.91. The van der Waals surface area contributed by atoms with E-state index in [1.54, 1.807) is 13.8 Å². The number of halogens is 6. The van der Waals surface area contributed by atoms with Crippen LogP contribution < -0.4 is 40.2 Å². The second kappa shape index (κ2) is 16.1. The first-order valence-electron chi connectivity index (χ1n) is 17.1. The van der Waals surface area contributed by atoms with Crippen molar-refractivity contribution >= 4 is 45.6 Å². The third-order valence-corrected chi connectivity index (χ3v) is 12.5. The molecule has 2 unspecified atom stereocenters. The summed E-state index contributed by atoms with van der Waals surface area (Å²) in [4.78, 5) is 35.4. The molecule has 4 aliphatic rings. The fraction of sp³-hybridized carbons (Fsp3) is 0.385. The number of hydrogen-bond acceptors (Lipinski definition) is 9. The Morgan fingerprint density at radius 2 is 0.947 bits per heavy atom. The number of carbonyl (C=O) groups excluding carboxylic acids is 2. The standard InChI is InChI=1S/2C19H17F3N2O2S.CH4.Na.H2O/c2*1-9-14(13-15(25)18(2,11-7-8-11)24-16(13)26)23-17(27-9)10-3-5-12(6-4-10)19(20,21)22;;;/h2*3-6,11,25H,7-8H2,1-2H3,(H,24,26);1H4;;1H2/q;;;+1;/p-1. The molecule has 57 heavy (non-hydrogen) atoms. The van der Waals surface area contributed by atoms with E-state index in [-0.39, 0.29) is 88.8 Å². The number of amides is 2. The minimum Gasteiger partial charge on any atom is -0.870 e. The Kier molecular flexibility index (Phi) is 13.0. The molecule has 2 saturated carbocycles. The average molecular weight is 845 g/mol. The van der Waals surface area contributed by atoms with Crippen molar-refractivity contribution in [3.05, 3.63) is 92.3 Å². The predicted octanol–water partition coefficient (Wildman–Crippen LogP) is 6.87. The number of aliphatic hydroxyl groups excluding tert-OH is 2. The van der Waals surface area contributed by atoms with Gasteiger partial charge in [-0.1, -0.05) is 31.7 Å². The summed E-state index contributed by atoms with van der Waals surface area (Å²) in [5.74, 6) is -0.298. The Bertz CT molecular complexity index is 2090. The zero-order valence-electron chi connectivity index (χ0n) is 30.7. The van der Waals surface area contributed by atoms with Gasteiger partial charge in [-0.3, -0.25) is 9.59 Å². The van der Waals surface area contributed by atoms with E-state index in [0.29, 0.717) is 32.5 Å². The van der Waals surface area contributed by atoms with E-state index in [1.165, 1.54) is 46.9 Å². The number of benzene rings is 2. The van der Waals surface area contributed by atoms with Crippen molar-refractivity contribution < 1.29 is 81.2 Å². The van der Waals surface area contributed by atoms with Crippen LogP contribution in [0, 0.1) is 25.7 Å². The van der Waals surface area contributed by atoms with Gasteiger partial charge in [0.05, 0.1) is 33.6 Å². The molecule has 0 saturated heterocycles. The molecular weight excluding hydrogens is 806 g/mol. The van der Waals surface area contributed by atoms with Gasteiger partial charge < -0.3 is 26.3 Å². The second-order valence-corrected chi connectivity index (χ2v) is 16.7. The van der Waals surface area contributed by atoms with Crippen molar-refractivity contribution in [2.75, 3.05) is 0 Å². The number of nitrogens with zero attached hydrogens (tertiary/aromatic N) is 2. The molecule has 2 aromatic heterocycles. The molecule has 9 nitrogen and oxygen atoms in total. The van der Waals surface area contributed by atoms with Crippen molar-refractivity contribution in [1.29, 1.82) is 0 Å².